The van der Waals surface area contributed by atoms with Gasteiger partial charge in [-0.25, -0.2) is 0 Å². The molecule has 0 radical (unpaired) electrons. The first-order chi connectivity index (χ1) is 8.35. The monoisotopic (exact) mass is 239 g/mol. The molecule has 5 heteroatoms. The zero-order valence-corrected chi connectivity index (χ0v) is 9.90. The third-order valence-corrected chi connectivity index (χ3v) is 2.47. The second kappa shape index (κ2) is 5.75. The predicted molar refractivity (Wildman–Crippen MR) is 62.4 cm³/mol. The standard InChI is InChI=1S/C12H17NO4/c1-2-14-7-15-10-6-12-11(16-8-17-12)5-9(10)3-4-13/h5-6H,2-4,7-8,13H2,1H3. The summed E-state index contributed by atoms with van der Waals surface area (Å²) < 4.78 is 21.3. The van der Waals surface area contributed by atoms with Crippen LogP contribution >= 0.6 is 0 Å². The number of hydrogen-bond acceptors (Lipinski definition) is 5. The Balaban J connectivity index is 2.15. The molecule has 2 rings (SSSR count). The van der Waals surface area contributed by atoms with E-state index in [-0.39, 0.29) is 13.6 Å². The summed E-state index contributed by atoms with van der Waals surface area (Å²) in [4.78, 5) is 0. The number of fused-ring (bicyclic) bond motifs is 1. The van der Waals surface area contributed by atoms with Gasteiger partial charge in [-0.2, -0.15) is 0 Å². The molecule has 0 aromatic heterocycles. The fourth-order valence-electron chi connectivity index (χ4n) is 1.64. The van der Waals surface area contributed by atoms with Gasteiger partial charge >= 0.3 is 0 Å². The fourth-order valence-corrected chi connectivity index (χ4v) is 1.64. The van der Waals surface area contributed by atoms with Gasteiger partial charge in [0.25, 0.3) is 0 Å². The van der Waals surface area contributed by atoms with Crippen LogP contribution < -0.4 is 19.9 Å². The Hall–Kier alpha value is -1.46. The summed E-state index contributed by atoms with van der Waals surface area (Å²) in [5.41, 5.74) is 6.58. The van der Waals surface area contributed by atoms with Crippen LogP contribution in [0.4, 0.5) is 0 Å². The molecule has 0 fully saturated rings. The molecule has 0 bridgehead atoms. The molecule has 0 saturated heterocycles. The summed E-state index contributed by atoms with van der Waals surface area (Å²) in [6, 6.07) is 3.74. The Morgan fingerprint density at radius 1 is 1.29 bits per heavy atom. The number of ether oxygens (including phenoxy) is 4. The van der Waals surface area contributed by atoms with Crippen molar-refractivity contribution in [3.63, 3.8) is 0 Å². The van der Waals surface area contributed by atoms with E-state index in [2.05, 4.69) is 0 Å². The molecule has 17 heavy (non-hydrogen) atoms. The largest absolute Gasteiger partial charge is 0.467 e. The van der Waals surface area contributed by atoms with Crippen LogP contribution in [0.25, 0.3) is 0 Å². The first-order valence-electron chi connectivity index (χ1n) is 5.68. The summed E-state index contributed by atoms with van der Waals surface area (Å²) in [5.74, 6) is 2.20. The van der Waals surface area contributed by atoms with Gasteiger partial charge in [0.2, 0.25) is 6.79 Å². The van der Waals surface area contributed by atoms with Gasteiger partial charge in [0.1, 0.15) is 5.75 Å². The lowest BCUT2D eigenvalue weighted by Gasteiger charge is -2.11. The highest BCUT2D eigenvalue weighted by molar-refractivity contribution is 5.51. The summed E-state index contributed by atoms with van der Waals surface area (Å²) in [6.07, 6.45) is 0.734. The quantitative estimate of drug-likeness (QED) is 0.598. The van der Waals surface area contributed by atoms with Crippen molar-refractivity contribution >= 4 is 0 Å². The number of rotatable bonds is 6. The average Bonchev–Trinajstić information content (AvgIpc) is 2.77. The summed E-state index contributed by atoms with van der Waals surface area (Å²) in [5, 5.41) is 0. The molecular weight excluding hydrogens is 222 g/mol. The molecule has 94 valence electrons. The Bertz CT molecular complexity index is 381. The van der Waals surface area contributed by atoms with E-state index < -0.39 is 0 Å². The fraction of sp³-hybridized carbons (Fsp3) is 0.500. The van der Waals surface area contributed by atoms with Crippen LogP contribution in [-0.2, 0) is 11.2 Å². The van der Waals surface area contributed by atoms with Crippen molar-refractivity contribution in [2.45, 2.75) is 13.3 Å². The van der Waals surface area contributed by atoms with Gasteiger partial charge in [-0.15, -0.1) is 0 Å². The Labute approximate surface area is 100 Å². The van der Waals surface area contributed by atoms with Crippen molar-refractivity contribution in [3.05, 3.63) is 17.7 Å². The molecule has 1 heterocycles. The van der Waals surface area contributed by atoms with Gasteiger partial charge in [0.05, 0.1) is 0 Å². The lowest BCUT2D eigenvalue weighted by atomic mass is 10.1. The van der Waals surface area contributed by atoms with Crippen molar-refractivity contribution in [2.75, 3.05) is 26.7 Å². The second-order valence-electron chi connectivity index (χ2n) is 3.61. The number of hydrogen-bond donors (Lipinski definition) is 1. The lowest BCUT2D eigenvalue weighted by molar-refractivity contribution is 0.0217. The molecule has 0 spiro atoms. The van der Waals surface area contributed by atoms with Gasteiger partial charge in [-0.3, -0.25) is 0 Å². The summed E-state index contributed by atoms with van der Waals surface area (Å²) in [6.45, 7) is 3.59. The summed E-state index contributed by atoms with van der Waals surface area (Å²) in [7, 11) is 0. The molecule has 2 N–H and O–H groups in total. The van der Waals surface area contributed by atoms with Crippen LogP contribution in [0.3, 0.4) is 0 Å². The molecule has 0 unspecified atom stereocenters. The van der Waals surface area contributed by atoms with Crippen molar-refractivity contribution in [2.24, 2.45) is 5.73 Å². The van der Waals surface area contributed by atoms with E-state index in [1.807, 2.05) is 19.1 Å². The van der Waals surface area contributed by atoms with E-state index in [0.717, 1.165) is 23.5 Å². The molecule has 0 amide bonds. The van der Waals surface area contributed by atoms with Gasteiger partial charge in [-0.1, -0.05) is 0 Å². The molecule has 1 aliphatic heterocycles. The van der Waals surface area contributed by atoms with Crippen LogP contribution in [0.2, 0.25) is 0 Å². The molecule has 1 aromatic carbocycles. The first kappa shape index (κ1) is 12.0. The highest BCUT2D eigenvalue weighted by Gasteiger charge is 2.17. The Morgan fingerprint density at radius 3 is 2.76 bits per heavy atom. The van der Waals surface area contributed by atoms with E-state index >= 15 is 0 Å². The molecule has 0 saturated carbocycles. The topological polar surface area (TPSA) is 62.9 Å². The molecular formula is C12H17NO4. The molecule has 1 aromatic rings. The number of nitrogens with two attached hydrogens (primary N) is 1. The highest BCUT2D eigenvalue weighted by Crippen LogP contribution is 2.38. The minimum Gasteiger partial charge on any atom is -0.467 e. The van der Waals surface area contributed by atoms with E-state index in [0.29, 0.717) is 18.9 Å². The molecule has 1 aliphatic rings. The first-order valence-corrected chi connectivity index (χ1v) is 5.68. The third kappa shape index (κ3) is 2.81. The van der Waals surface area contributed by atoms with Gasteiger partial charge in [0, 0.05) is 12.7 Å². The zero-order chi connectivity index (χ0) is 12.1. The SMILES string of the molecule is CCOCOc1cc2c(cc1CCN)OCO2. The second-order valence-corrected chi connectivity index (χ2v) is 3.61. The van der Waals surface area contributed by atoms with E-state index in [4.69, 9.17) is 24.7 Å². The van der Waals surface area contributed by atoms with Crippen molar-refractivity contribution in [1.82, 2.24) is 0 Å². The zero-order valence-electron chi connectivity index (χ0n) is 9.90. The maximum atomic E-state index is 5.57. The number of benzene rings is 1. The molecule has 0 atom stereocenters. The Morgan fingerprint density at radius 2 is 2.06 bits per heavy atom. The summed E-state index contributed by atoms with van der Waals surface area (Å²) >= 11 is 0. The van der Waals surface area contributed by atoms with Crippen molar-refractivity contribution < 1.29 is 18.9 Å². The van der Waals surface area contributed by atoms with Gasteiger partial charge in [0.15, 0.2) is 18.3 Å². The lowest BCUT2D eigenvalue weighted by Crippen LogP contribution is -2.07. The maximum Gasteiger partial charge on any atom is 0.231 e. The Kier molecular flexibility index (Phi) is 4.06. The molecule has 5 nitrogen and oxygen atoms in total. The normalized spacial score (nSPS) is 12.8. The van der Waals surface area contributed by atoms with Gasteiger partial charge in [-0.05, 0) is 31.5 Å². The van der Waals surface area contributed by atoms with Crippen LogP contribution in [0.5, 0.6) is 17.2 Å². The van der Waals surface area contributed by atoms with Crippen LogP contribution in [0.15, 0.2) is 12.1 Å². The van der Waals surface area contributed by atoms with E-state index in [9.17, 15) is 0 Å². The maximum absolute atomic E-state index is 5.57. The minimum atomic E-state index is 0.230. The van der Waals surface area contributed by atoms with E-state index in [1.54, 1.807) is 0 Å². The van der Waals surface area contributed by atoms with Crippen molar-refractivity contribution in [1.29, 1.82) is 0 Å². The third-order valence-electron chi connectivity index (χ3n) is 2.47. The predicted octanol–water partition coefficient (Wildman–Crippen LogP) is 1.29. The minimum absolute atomic E-state index is 0.230. The average molecular weight is 239 g/mol. The van der Waals surface area contributed by atoms with Crippen LogP contribution in [0.1, 0.15) is 12.5 Å². The van der Waals surface area contributed by atoms with E-state index in [1.165, 1.54) is 0 Å². The van der Waals surface area contributed by atoms with Crippen molar-refractivity contribution in [3.8, 4) is 17.2 Å². The smallest absolute Gasteiger partial charge is 0.231 e. The van der Waals surface area contributed by atoms with Gasteiger partial charge < -0.3 is 24.7 Å². The molecule has 0 aliphatic carbocycles. The van der Waals surface area contributed by atoms with Crippen LogP contribution in [0, 0.1) is 0 Å². The van der Waals surface area contributed by atoms with Crippen LogP contribution in [-0.4, -0.2) is 26.7 Å². The highest BCUT2D eigenvalue weighted by atomic mass is 16.7.